The van der Waals surface area contributed by atoms with Gasteiger partial charge in [-0.3, -0.25) is 4.79 Å². The Hall–Kier alpha value is -2.55. The van der Waals surface area contributed by atoms with Crippen LogP contribution in [0, 0.1) is 0 Å². The summed E-state index contributed by atoms with van der Waals surface area (Å²) in [5.41, 5.74) is -0.0488. The first kappa shape index (κ1) is 16.3. The molecule has 0 bridgehead atoms. The molecule has 0 unspecified atom stereocenters. The minimum absolute atomic E-state index is 0.0533. The van der Waals surface area contributed by atoms with Gasteiger partial charge in [0, 0.05) is 15.5 Å². The van der Waals surface area contributed by atoms with E-state index in [1.54, 1.807) is 12.1 Å². The van der Waals surface area contributed by atoms with Crippen molar-refractivity contribution in [2.45, 2.75) is 26.2 Å². The first-order valence-electron chi connectivity index (χ1n) is 7.14. The van der Waals surface area contributed by atoms with Crippen molar-refractivity contribution < 1.29 is 5.11 Å². The van der Waals surface area contributed by atoms with Crippen LogP contribution in [0.15, 0.2) is 38.9 Å². The quantitative estimate of drug-likeness (QED) is 0.674. The lowest BCUT2D eigenvalue weighted by Gasteiger charge is -2.16. The molecule has 0 aliphatic rings. The Bertz CT molecular complexity index is 999. The number of fused-ring (bicyclic) bond motifs is 1. The molecule has 0 radical (unpaired) electrons. The highest BCUT2D eigenvalue weighted by Crippen LogP contribution is 2.20. The fraction of sp³-hybridized carbons (Fsp3) is 0.267. The molecule has 0 saturated heterocycles. The van der Waals surface area contributed by atoms with Crippen LogP contribution in [0.4, 0.5) is 0 Å². The minimum Gasteiger partial charge on any atom is -0.507 e. The molecular formula is C15H15BrN6O2. The molecule has 2 aromatic heterocycles. The molecule has 8 nitrogen and oxygen atoms in total. The molecule has 3 rings (SSSR count). The second kappa shape index (κ2) is 5.82. The minimum atomic E-state index is -0.468. The van der Waals surface area contributed by atoms with E-state index in [9.17, 15) is 9.90 Å². The number of nitrogens with zero attached hydrogens (tertiary/aromatic N) is 6. The number of rotatable bonds is 2. The average Bonchev–Trinajstić information content (AvgIpc) is 2.96. The third-order valence-electron chi connectivity index (χ3n) is 3.32. The van der Waals surface area contributed by atoms with Crippen LogP contribution in [0.1, 0.15) is 32.0 Å². The molecule has 24 heavy (non-hydrogen) atoms. The standard InChI is InChI=1S/C15H15BrN6O2/c1-15(2,3)12-13(24)22(14-19-17-8-21(14)20-12)18-7-9-6-10(16)4-5-11(9)23/h4-8,23H,1-3H3/b18-7+. The van der Waals surface area contributed by atoms with Crippen LogP contribution in [0.25, 0.3) is 5.78 Å². The van der Waals surface area contributed by atoms with E-state index in [1.807, 2.05) is 20.8 Å². The molecule has 0 spiro atoms. The molecule has 1 N–H and O–H groups in total. The van der Waals surface area contributed by atoms with Crippen molar-refractivity contribution in [3.63, 3.8) is 0 Å². The lowest BCUT2D eigenvalue weighted by molar-refractivity contribution is 0.474. The number of phenols is 1. The molecular weight excluding hydrogens is 376 g/mol. The van der Waals surface area contributed by atoms with E-state index in [4.69, 9.17) is 0 Å². The van der Waals surface area contributed by atoms with Gasteiger partial charge in [-0.1, -0.05) is 36.7 Å². The summed E-state index contributed by atoms with van der Waals surface area (Å²) in [6.45, 7) is 5.67. The lowest BCUT2D eigenvalue weighted by Crippen LogP contribution is -2.33. The van der Waals surface area contributed by atoms with Gasteiger partial charge in [0.25, 0.3) is 11.3 Å². The van der Waals surface area contributed by atoms with E-state index in [2.05, 4.69) is 36.3 Å². The molecule has 9 heteroatoms. The Morgan fingerprint density at radius 3 is 2.79 bits per heavy atom. The highest BCUT2D eigenvalue weighted by atomic mass is 79.9. The first-order chi connectivity index (χ1) is 11.3. The van der Waals surface area contributed by atoms with Crippen molar-refractivity contribution in [2.24, 2.45) is 5.10 Å². The second-order valence-electron chi connectivity index (χ2n) is 6.24. The molecule has 1 aromatic carbocycles. The molecule has 0 atom stereocenters. The summed E-state index contributed by atoms with van der Waals surface area (Å²) < 4.78 is 3.31. The van der Waals surface area contributed by atoms with Crippen LogP contribution in [0.2, 0.25) is 0 Å². The van der Waals surface area contributed by atoms with Gasteiger partial charge in [0.15, 0.2) is 0 Å². The van der Waals surface area contributed by atoms with Gasteiger partial charge in [0.1, 0.15) is 17.8 Å². The highest BCUT2D eigenvalue weighted by molar-refractivity contribution is 9.10. The lowest BCUT2D eigenvalue weighted by atomic mass is 9.93. The second-order valence-corrected chi connectivity index (χ2v) is 7.15. The van der Waals surface area contributed by atoms with Gasteiger partial charge in [-0.25, -0.2) is 0 Å². The van der Waals surface area contributed by atoms with Gasteiger partial charge in [0.05, 0.1) is 6.21 Å². The zero-order chi connectivity index (χ0) is 17.5. The number of hydrogen-bond donors (Lipinski definition) is 1. The largest absolute Gasteiger partial charge is 0.507 e. The molecule has 3 aromatic rings. The molecule has 2 heterocycles. The zero-order valence-electron chi connectivity index (χ0n) is 13.3. The third-order valence-corrected chi connectivity index (χ3v) is 3.81. The molecule has 0 fully saturated rings. The smallest absolute Gasteiger partial charge is 0.298 e. The van der Waals surface area contributed by atoms with E-state index in [1.165, 1.54) is 23.1 Å². The van der Waals surface area contributed by atoms with Gasteiger partial charge >= 0.3 is 0 Å². The predicted octanol–water partition coefficient (Wildman–Crippen LogP) is 1.93. The van der Waals surface area contributed by atoms with Crippen LogP contribution in [0.5, 0.6) is 5.75 Å². The fourth-order valence-electron chi connectivity index (χ4n) is 2.10. The number of aromatic hydroxyl groups is 1. The predicted molar refractivity (Wildman–Crippen MR) is 92.5 cm³/mol. The Kier molecular flexibility index (Phi) is 3.96. The summed E-state index contributed by atoms with van der Waals surface area (Å²) in [5, 5.41) is 26.0. The average molecular weight is 391 g/mol. The maximum atomic E-state index is 12.7. The van der Waals surface area contributed by atoms with Crippen molar-refractivity contribution in [2.75, 3.05) is 0 Å². The summed E-state index contributed by atoms with van der Waals surface area (Å²) in [5.74, 6) is 0.247. The normalized spacial score (nSPS) is 12.3. The van der Waals surface area contributed by atoms with Crippen LogP contribution in [0.3, 0.4) is 0 Å². The van der Waals surface area contributed by atoms with Gasteiger partial charge in [-0.2, -0.15) is 19.4 Å². The number of phenolic OH excluding ortho intramolecular Hbond substituents is 1. The Morgan fingerprint density at radius 1 is 1.33 bits per heavy atom. The first-order valence-corrected chi connectivity index (χ1v) is 7.93. The van der Waals surface area contributed by atoms with E-state index >= 15 is 0 Å². The van der Waals surface area contributed by atoms with E-state index in [0.29, 0.717) is 11.3 Å². The van der Waals surface area contributed by atoms with Crippen LogP contribution >= 0.6 is 15.9 Å². The van der Waals surface area contributed by atoms with E-state index in [0.717, 1.165) is 9.15 Å². The van der Waals surface area contributed by atoms with E-state index < -0.39 is 5.41 Å². The molecule has 0 aliphatic heterocycles. The highest BCUT2D eigenvalue weighted by Gasteiger charge is 2.23. The topological polar surface area (TPSA) is 97.7 Å². The fourth-order valence-corrected chi connectivity index (χ4v) is 2.48. The van der Waals surface area contributed by atoms with Gasteiger partial charge in [-0.15, -0.1) is 10.2 Å². The van der Waals surface area contributed by atoms with Gasteiger partial charge < -0.3 is 5.11 Å². The summed E-state index contributed by atoms with van der Waals surface area (Å²) in [4.78, 5) is 12.7. The third kappa shape index (κ3) is 2.94. The summed E-state index contributed by atoms with van der Waals surface area (Å²) in [6.07, 6.45) is 2.80. The molecule has 0 saturated carbocycles. The monoisotopic (exact) mass is 390 g/mol. The van der Waals surface area contributed by atoms with Gasteiger partial charge in [0.2, 0.25) is 0 Å². The van der Waals surface area contributed by atoms with Crippen LogP contribution in [-0.4, -0.2) is 35.8 Å². The summed E-state index contributed by atoms with van der Waals surface area (Å²) in [6, 6.07) is 4.93. The Morgan fingerprint density at radius 2 is 2.08 bits per heavy atom. The van der Waals surface area contributed by atoms with E-state index in [-0.39, 0.29) is 17.1 Å². The summed E-state index contributed by atoms with van der Waals surface area (Å²) in [7, 11) is 0. The molecule has 0 amide bonds. The maximum absolute atomic E-state index is 12.7. The number of hydrogen-bond acceptors (Lipinski definition) is 6. The van der Waals surface area contributed by atoms with Crippen molar-refractivity contribution >= 4 is 27.9 Å². The number of halogens is 1. The van der Waals surface area contributed by atoms with Crippen molar-refractivity contribution in [1.82, 2.24) is 24.5 Å². The van der Waals surface area contributed by atoms with Crippen molar-refractivity contribution in [1.29, 1.82) is 0 Å². The van der Waals surface area contributed by atoms with Crippen LogP contribution < -0.4 is 5.56 Å². The Labute approximate surface area is 145 Å². The van der Waals surface area contributed by atoms with Crippen LogP contribution in [-0.2, 0) is 5.41 Å². The van der Waals surface area contributed by atoms with Crippen molar-refractivity contribution in [3.05, 3.63) is 50.6 Å². The Balaban J connectivity index is 2.20. The number of aromatic nitrogens is 5. The van der Waals surface area contributed by atoms with Crippen molar-refractivity contribution in [3.8, 4) is 5.75 Å². The summed E-state index contributed by atoms with van der Waals surface area (Å²) >= 11 is 3.33. The SMILES string of the molecule is CC(C)(C)c1nn2cnnc2n(/N=C/c2cc(Br)ccc2O)c1=O. The zero-order valence-corrected chi connectivity index (χ0v) is 14.9. The molecule has 124 valence electrons. The molecule has 0 aliphatic carbocycles. The number of benzene rings is 1. The van der Waals surface area contributed by atoms with Gasteiger partial charge in [-0.05, 0) is 18.2 Å². The maximum Gasteiger partial charge on any atom is 0.298 e.